The molecule has 29 heavy (non-hydrogen) atoms. The van der Waals surface area contributed by atoms with Gasteiger partial charge < -0.3 is 5.32 Å². The first-order valence-electron chi connectivity index (χ1n) is 9.67. The van der Waals surface area contributed by atoms with Crippen LogP contribution in [-0.4, -0.2) is 25.9 Å². The number of carbonyl (C=O) groups excluding carboxylic acids is 1. The first-order chi connectivity index (χ1) is 14.0. The van der Waals surface area contributed by atoms with Gasteiger partial charge in [-0.05, 0) is 24.5 Å². The van der Waals surface area contributed by atoms with Gasteiger partial charge in [0.25, 0.3) is 0 Å². The van der Waals surface area contributed by atoms with Gasteiger partial charge in [0.2, 0.25) is 5.91 Å². The highest BCUT2D eigenvalue weighted by Crippen LogP contribution is 2.29. The topological polar surface area (TPSA) is 59.8 Å². The zero-order chi connectivity index (χ0) is 20.8. The molecule has 2 aromatic carbocycles. The Morgan fingerprint density at radius 3 is 2.48 bits per heavy atom. The molecule has 0 radical (unpaired) electrons. The van der Waals surface area contributed by atoms with Crippen molar-refractivity contribution in [2.24, 2.45) is 0 Å². The molecule has 3 aromatic rings. The smallest absolute Gasteiger partial charge is 0.237 e. The number of benzene rings is 2. The lowest BCUT2D eigenvalue weighted by Gasteiger charge is -2.16. The first-order valence-corrected chi connectivity index (χ1v) is 10.5. The van der Waals surface area contributed by atoms with Crippen LogP contribution in [0.4, 0.5) is 5.69 Å². The fraction of sp³-hybridized carbons (Fsp3) is 0.261. The van der Waals surface area contributed by atoms with Crippen LogP contribution < -0.4 is 5.32 Å². The molecule has 0 unspecified atom stereocenters. The average molecular weight is 407 g/mol. The Kier molecular flexibility index (Phi) is 6.88. The maximum Gasteiger partial charge on any atom is 0.237 e. The molecule has 6 heteroatoms. The van der Waals surface area contributed by atoms with E-state index in [1.165, 1.54) is 11.8 Å². The molecule has 5 nitrogen and oxygen atoms in total. The molecule has 0 bridgehead atoms. The number of anilines is 1. The number of hydrogen-bond donors (Lipinski definition) is 1. The van der Waals surface area contributed by atoms with Crippen LogP contribution in [0.25, 0.3) is 11.4 Å². The van der Waals surface area contributed by atoms with Gasteiger partial charge in [-0.25, -0.2) is 0 Å². The maximum atomic E-state index is 12.8. The van der Waals surface area contributed by atoms with E-state index in [0.717, 1.165) is 22.6 Å². The lowest BCUT2D eigenvalue weighted by Crippen LogP contribution is -2.23. The van der Waals surface area contributed by atoms with Gasteiger partial charge in [0.15, 0.2) is 11.0 Å². The Labute approximate surface area is 176 Å². The standard InChI is InChI=1S/C23H26N4OS/c1-5-15-27-21(18-11-7-6-8-12-18)25-26-23(27)29-17(4)22(28)24-20-14-10-9-13-19(20)16(2)3/h5-14,16-17H,1,15H2,2-4H3,(H,24,28)/t17-/m0/s1. The molecule has 0 fully saturated rings. The lowest BCUT2D eigenvalue weighted by molar-refractivity contribution is -0.115. The fourth-order valence-corrected chi connectivity index (χ4v) is 3.89. The molecule has 1 atom stereocenters. The third-order valence-electron chi connectivity index (χ3n) is 4.55. The largest absolute Gasteiger partial charge is 0.325 e. The van der Waals surface area contributed by atoms with Crippen molar-refractivity contribution < 1.29 is 4.79 Å². The molecule has 0 aliphatic rings. The Hall–Kier alpha value is -2.86. The molecule has 0 spiro atoms. The number of carbonyl (C=O) groups is 1. The summed E-state index contributed by atoms with van der Waals surface area (Å²) in [6.07, 6.45) is 1.81. The van der Waals surface area contributed by atoms with Gasteiger partial charge in [-0.2, -0.15) is 0 Å². The molecular weight excluding hydrogens is 380 g/mol. The minimum atomic E-state index is -0.327. The van der Waals surface area contributed by atoms with Crippen LogP contribution in [0.5, 0.6) is 0 Å². The van der Waals surface area contributed by atoms with Gasteiger partial charge in [0.1, 0.15) is 0 Å². The van der Waals surface area contributed by atoms with E-state index in [2.05, 4.69) is 35.9 Å². The summed E-state index contributed by atoms with van der Waals surface area (Å²) in [6, 6.07) is 17.8. The number of amides is 1. The maximum absolute atomic E-state index is 12.8. The molecule has 150 valence electrons. The van der Waals surface area contributed by atoms with E-state index in [4.69, 9.17) is 0 Å². The molecule has 0 aliphatic heterocycles. The van der Waals surface area contributed by atoms with Crippen molar-refractivity contribution in [1.82, 2.24) is 14.8 Å². The van der Waals surface area contributed by atoms with Crippen molar-refractivity contribution in [3.63, 3.8) is 0 Å². The zero-order valence-corrected chi connectivity index (χ0v) is 17.8. The Morgan fingerprint density at radius 1 is 1.10 bits per heavy atom. The molecule has 1 heterocycles. The molecule has 0 saturated carbocycles. The molecule has 0 aliphatic carbocycles. The number of hydrogen-bond acceptors (Lipinski definition) is 4. The third-order valence-corrected chi connectivity index (χ3v) is 5.63. The number of nitrogens with one attached hydrogen (secondary N) is 1. The van der Waals surface area contributed by atoms with Crippen molar-refractivity contribution in [2.75, 3.05) is 5.32 Å². The van der Waals surface area contributed by atoms with E-state index in [1.807, 2.05) is 72.2 Å². The van der Waals surface area contributed by atoms with Crippen LogP contribution in [0.2, 0.25) is 0 Å². The Morgan fingerprint density at radius 2 is 1.79 bits per heavy atom. The van der Waals surface area contributed by atoms with Crippen LogP contribution >= 0.6 is 11.8 Å². The summed E-state index contributed by atoms with van der Waals surface area (Å²) in [4.78, 5) is 12.8. The van der Waals surface area contributed by atoms with E-state index < -0.39 is 0 Å². The van der Waals surface area contributed by atoms with Gasteiger partial charge in [0, 0.05) is 17.8 Å². The lowest BCUT2D eigenvalue weighted by atomic mass is 10.0. The first kappa shape index (κ1) is 20.9. The average Bonchev–Trinajstić information content (AvgIpc) is 3.11. The Bertz CT molecular complexity index is 982. The summed E-state index contributed by atoms with van der Waals surface area (Å²) in [6.45, 7) is 10.5. The SMILES string of the molecule is C=CCn1c(S[C@@H](C)C(=O)Nc2ccccc2C(C)C)nnc1-c1ccccc1. The molecular formula is C23H26N4OS. The number of thioether (sulfide) groups is 1. The van der Waals surface area contributed by atoms with E-state index >= 15 is 0 Å². The van der Waals surface area contributed by atoms with Crippen molar-refractivity contribution in [3.05, 3.63) is 72.8 Å². The van der Waals surface area contributed by atoms with Crippen molar-refractivity contribution in [2.45, 2.75) is 43.6 Å². The van der Waals surface area contributed by atoms with E-state index in [-0.39, 0.29) is 11.2 Å². The quantitative estimate of drug-likeness (QED) is 0.403. The van der Waals surface area contributed by atoms with Gasteiger partial charge >= 0.3 is 0 Å². The number of para-hydroxylation sites is 1. The summed E-state index contributed by atoms with van der Waals surface area (Å²) < 4.78 is 1.98. The number of nitrogens with zero attached hydrogens (tertiary/aromatic N) is 3. The van der Waals surface area contributed by atoms with E-state index in [0.29, 0.717) is 17.6 Å². The summed E-state index contributed by atoms with van der Waals surface area (Å²) in [5, 5.41) is 12.1. The minimum Gasteiger partial charge on any atom is -0.325 e. The zero-order valence-electron chi connectivity index (χ0n) is 17.0. The summed E-state index contributed by atoms with van der Waals surface area (Å²) in [5.74, 6) is 1.04. The number of aromatic nitrogens is 3. The Balaban J connectivity index is 1.78. The van der Waals surface area contributed by atoms with Crippen LogP contribution in [0.3, 0.4) is 0 Å². The van der Waals surface area contributed by atoms with Crippen LogP contribution in [0.1, 0.15) is 32.3 Å². The molecule has 1 N–H and O–H groups in total. The second-order valence-electron chi connectivity index (χ2n) is 7.06. The molecule has 1 aromatic heterocycles. The highest BCUT2D eigenvalue weighted by Gasteiger charge is 2.21. The predicted molar refractivity (Wildman–Crippen MR) is 120 cm³/mol. The third kappa shape index (κ3) is 4.95. The summed E-state index contributed by atoms with van der Waals surface area (Å²) in [5.41, 5.74) is 2.97. The van der Waals surface area contributed by atoms with Gasteiger partial charge in [-0.3, -0.25) is 9.36 Å². The van der Waals surface area contributed by atoms with Crippen LogP contribution in [0, 0.1) is 0 Å². The van der Waals surface area contributed by atoms with Gasteiger partial charge in [-0.15, -0.1) is 16.8 Å². The predicted octanol–water partition coefficient (Wildman–Crippen LogP) is 5.37. The minimum absolute atomic E-state index is 0.0579. The normalized spacial score (nSPS) is 12.0. The van der Waals surface area contributed by atoms with Gasteiger partial charge in [0.05, 0.1) is 5.25 Å². The molecule has 3 rings (SSSR count). The number of allylic oxidation sites excluding steroid dienone is 1. The molecule has 0 saturated heterocycles. The van der Waals surface area contributed by atoms with Gasteiger partial charge in [-0.1, -0.05) is 80.2 Å². The second kappa shape index (κ2) is 9.56. The van der Waals surface area contributed by atoms with Crippen LogP contribution in [0.15, 0.2) is 72.4 Å². The summed E-state index contributed by atoms with van der Waals surface area (Å²) >= 11 is 1.40. The van der Waals surface area contributed by atoms with Crippen molar-refractivity contribution in [1.29, 1.82) is 0 Å². The van der Waals surface area contributed by atoms with Crippen molar-refractivity contribution in [3.8, 4) is 11.4 Å². The fourth-order valence-electron chi connectivity index (χ4n) is 3.03. The summed E-state index contributed by atoms with van der Waals surface area (Å²) in [7, 11) is 0. The highest BCUT2D eigenvalue weighted by molar-refractivity contribution is 8.00. The highest BCUT2D eigenvalue weighted by atomic mass is 32.2. The van der Waals surface area contributed by atoms with Crippen LogP contribution in [-0.2, 0) is 11.3 Å². The second-order valence-corrected chi connectivity index (χ2v) is 8.37. The van der Waals surface area contributed by atoms with Crippen molar-refractivity contribution >= 4 is 23.4 Å². The monoisotopic (exact) mass is 406 g/mol. The van der Waals surface area contributed by atoms with E-state index in [1.54, 1.807) is 0 Å². The molecule has 1 amide bonds. The van der Waals surface area contributed by atoms with E-state index in [9.17, 15) is 4.79 Å². The number of rotatable bonds is 8.